The summed E-state index contributed by atoms with van der Waals surface area (Å²) >= 11 is 2.71. The highest BCUT2D eigenvalue weighted by molar-refractivity contribution is 7.99. The molecule has 0 aliphatic carbocycles. The lowest BCUT2D eigenvalue weighted by molar-refractivity contribution is -0.118. The first kappa shape index (κ1) is 20.5. The smallest absolute Gasteiger partial charge is 0.263 e. The molecular weight excluding hydrogens is 397 g/mol. The van der Waals surface area contributed by atoms with Crippen LogP contribution in [-0.2, 0) is 11.3 Å². The largest absolute Gasteiger partial charge is 0.355 e. The fourth-order valence-electron chi connectivity index (χ4n) is 2.97. The molecule has 1 amide bonds. The summed E-state index contributed by atoms with van der Waals surface area (Å²) in [5.74, 6) is -0.170. The normalized spacial score (nSPS) is 11.1. The van der Waals surface area contributed by atoms with Crippen LogP contribution in [-0.4, -0.2) is 27.8 Å². The third kappa shape index (κ3) is 4.12. The molecule has 2 heterocycles. The average Bonchev–Trinajstić information content (AvgIpc) is 3.01. The maximum Gasteiger partial charge on any atom is 0.263 e. The highest BCUT2D eigenvalue weighted by Gasteiger charge is 2.20. The van der Waals surface area contributed by atoms with Gasteiger partial charge >= 0.3 is 0 Å². The van der Waals surface area contributed by atoms with E-state index in [1.54, 1.807) is 16.7 Å². The second-order valence-corrected chi connectivity index (χ2v) is 8.45. The van der Waals surface area contributed by atoms with Crippen molar-refractivity contribution in [2.45, 2.75) is 38.9 Å². The quantitative estimate of drug-likeness (QED) is 0.460. The van der Waals surface area contributed by atoms with E-state index in [1.165, 1.54) is 35.2 Å². The Labute approximate surface area is 171 Å². The zero-order valence-electron chi connectivity index (χ0n) is 16.0. The van der Waals surface area contributed by atoms with E-state index in [9.17, 15) is 14.0 Å². The Balaban J connectivity index is 2.04. The molecule has 0 aliphatic rings. The number of carbonyl (C=O) groups is 1. The van der Waals surface area contributed by atoms with Gasteiger partial charge in [-0.1, -0.05) is 30.8 Å². The molecule has 0 atom stereocenters. The van der Waals surface area contributed by atoms with Crippen molar-refractivity contribution in [1.82, 2.24) is 14.9 Å². The monoisotopic (exact) mass is 419 g/mol. The first-order valence-electron chi connectivity index (χ1n) is 9.15. The number of rotatable bonds is 7. The van der Waals surface area contributed by atoms with Gasteiger partial charge in [0.2, 0.25) is 5.91 Å². The SMILES string of the molecule is CCCNC(=O)CSc1nc2sc(C)c(-c3ccc(F)cc3)c2c(=O)n1CC. The fourth-order valence-corrected chi connectivity index (χ4v) is 4.95. The summed E-state index contributed by atoms with van der Waals surface area (Å²) in [4.78, 5) is 31.4. The molecule has 0 saturated heterocycles. The second kappa shape index (κ2) is 8.87. The number of thioether (sulfide) groups is 1. The van der Waals surface area contributed by atoms with Crippen LogP contribution in [0.15, 0.2) is 34.2 Å². The molecule has 2 aromatic heterocycles. The molecule has 5 nitrogen and oxygen atoms in total. The van der Waals surface area contributed by atoms with Crippen molar-refractivity contribution in [3.05, 3.63) is 45.3 Å². The summed E-state index contributed by atoms with van der Waals surface area (Å²) in [5.41, 5.74) is 1.47. The van der Waals surface area contributed by atoms with Crippen LogP contribution in [0.4, 0.5) is 4.39 Å². The molecule has 3 aromatic rings. The molecule has 0 unspecified atom stereocenters. The van der Waals surface area contributed by atoms with Crippen molar-refractivity contribution >= 4 is 39.2 Å². The van der Waals surface area contributed by atoms with Crippen LogP contribution < -0.4 is 10.9 Å². The Morgan fingerprint density at radius 1 is 1.29 bits per heavy atom. The third-order valence-corrected chi connectivity index (χ3v) is 6.28. The minimum Gasteiger partial charge on any atom is -0.355 e. The van der Waals surface area contributed by atoms with Crippen molar-refractivity contribution in [3.63, 3.8) is 0 Å². The second-order valence-electron chi connectivity index (χ2n) is 6.30. The van der Waals surface area contributed by atoms with Crippen LogP contribution in [0.2, 0.25) is 0 Å². The van der Waals surface area contributed by atoms with Crippen LogP contribution in [0.1, 0.15) is 25.1 Å². The number of aromatic nitrogens is 2. The number of nitrogens with zero attached hydrogens (tertiary/aromatic N) is 2. The molecule has 3 rings (SSSR count). The number of aryl methyl sites for hydroxylation is 1. The molecule has 1 aromatic carbocycles. The van der Waals surface area contributed by atoms with Crippen molar-refractivity contribution < 1.29 is 9.18 Å². The Hall–Kier alpha value is -2.19. The summed E-state index contributed by atoms with van der Waals surface area (Å²) in [7, 11) is 0. The molecular formula is C20H22FN3O2S2. The number of halogens is 1. The number of benzene rings is 1. The lowest BCUT2D eigenvalue weighted by Gasteiger charge is -2.10. The summed E-state index contributed by atoms with van der Waals surface area (Å²) in [6.45, 7) is 6.91. The van der Waals surface area contributed by atoms with E-state index in [0.717, 1.165) is 22.4 Å². The van der Waals surface area contributed by atoms with Crippen LogP contribution in [0, 0.1) is 12.7 Å². The van der Waals surface area contributed by atoms with E-state index in [1.807, 2.05) is 20.8 Å². The Kier molecular flexibility index (Phi) is 6.51. The van der Waals surface area contributed by atoms with E-state index < -0.39 is 0 Å². The van der Waals surface area contributed by atoms with Crippen molar-refractivity contribution in [2.75, 3.05) is 12.3 Å². The van der Waals surface area contributed by atoms with Gasteiger partial charge in [-0.25, -0.2) is 9.37 Å². The van der Waals surface area contributed by atoms with Gasteiger partial charge in [0.1, 0.15) is 10.6 Å². The molecule has 0 saturated carbocycles. The maximum absolute atomic E-state index is 13.3. The van der Waals surface area contributed by atoms with Gasteiger partial charge in [-0.2, -0.15) is 0 Å². The standard InChI is InChI=1S/C20H22FN3O2S2/c1-4-10-22-15(25)11-27-20-23-18-17(19(26)24(20)5-2)16(12(3)28-18)13-6-8-14(21)9-7-13/h6-9H,4-5,10-11H2,1-3H3,(H,22,25). The van der Waals surface area contributed by atoms with Gasteiger partial charge in [0.05, 0.1) is 11.1 Å². The molecule has 8 heteroatoms. The van der Waals surface area contributed by atoms with Crippen LogP contribution in [0.3, 0.4) is 0 Å². The van der Waals surface area contributed by atoms with E-state index in [-0.39, 0.29) is 23.0 Å². The molecule has 0 spiro atoms. The van der Waals surface area contributed by atoms with E-state index >= 15 is 0 Å². The van der Waals surface area contributed by atoms with E-state index in [2.05, 4.69) is 10.3 Å². The summed E-state index contributed by atoms with van der Waals surface area (Å²) in [5, 5.41) is 3.92. The van der Waals surface area contributed by atoms with Gasteiger partial charge in [0.25, 0.3) is 5.56 Å². The topological polar surface area (TPSA) is 64.0 Å². The maximum atomic E-state index is 13.3. The summed E-state index contributed by atoms with van der Waals surface area (Å²) in [6, 6.07) is 6.15. The number of nitrogens with one attached hydrogen (secondary N) is 1. The summed E-state index contributed by atoms with van der Waals surface area (Å²) < 4.78 is 14.9. The Morgan fingerprint density at radius 3 is 2.64 bits per heavy atom. The number of carbonyl (C=O) groups excluding carboxylic acids is 1. The van der Waals surface area contributed by atoms with Gasteiger partial charge in [-0.15, -0.1) is 11.3 Å². The minimum absolute atomic E-state index is 0.0711. The van der Waals surface area contributed by atoms with E-state index in [4.69, 9.17) is 0 Å². The Morgan fingerprint density at radius 2 is 2.00 bits per heavy atom. The highest BCUT2D eigenvalue weighted by atomic mass is 32.2. The molecule has 0 fully saturated rings. The van der Waals surface area contributed by atoms with Gasteiger partial charge in [-0.3, -0.25) is 14.2 Å². The lowest BCUT2D eigenvalue weighted by Crippen LogP contribution is -2.27. The van der Waals surface area contributed by atoms with Crippen LogP contribution >= 0.6 is 23.1 Å². The van der Waals surface area contributed by atoms with Crippen molar-refractivity contribution in [2.24, 2.45) is 0 Å². The summed E-state index contributed by atoms with van der Waals surface area (Å²) in [6.07, 6.45) is 0.876. The zero-order valence-corrected chi connectivity index (χ0v) is 17.7. The average molecular weight is 420 g/mol. The molecule has 0 bridgehead atoms. The molecule has 0 aliphatic heterocycles. The first-order valence-corrected chi connectivity index (χ1v) is 11.0. The van der Waals surface area contributed by atoms with Gasteiger partial charge in [-0.05, 0) is 38.0 Å². The number of amides is 1. The number of fused-ring (bicyclic) bond motifs is 1. The fraction of sp³-hybridized carbons (Fsp3) is 0.350. The molecule has 1 N–H and O–H groups in total. The van der Waals surface area contributed by atoms with Crippen molar-refractivity contribution in [1.29, 1.82) is 0 Å². The predicted octanol–water partition coefficient (Wildman–Crippen LogP) is 4.21. The van der Waals surface area contributed by atoms with Gasteiger partial charge < -0.3 is 5.32 Å². The lowest BCUT2D eigenvalue weighted by atomic mass is 10.0. The van der Waals surface area contributed by atoms with Crippen molar-refractivity contribution in [3.8, 4) is 11.1 Å². The highest BCUT2D eigenvalue weighted by Crippen LogP contribution is 2.36. The van der Waals surface area contributed by atoms with Gasteiger partial charge in [0.15, 0.2) is 5.16 Å². The Bertz CT molecular complexity index is 1060. The van der Waals surface area contributed by atoms with E-state index in [0.29, 0.717) is 28.5 Å². The number of hydrogen-bond acceptors (Lipinski definition) is 5. The van der Waals surface area contributed by atoms with Crippen LogP contribution in [0.5, 0.6) is 0 Å². The zero-order chi connectivity index (χ0) is 20.3. The predicted molar refractivity (Wildman–Crippen MR) is 114 cm³/mol. The minimum atomic E-state index is -0.315. The van der Waals surface area contributed by atoms with Gasteiger partial charge in [0, 0.05) is 23.5 Å². The first-order chi connectivity index (χ1) is 13.5. The number of thiophene rings is 1. The molecule has 28 heavy (non-hydrogen) atoms. The van der Waals surface area contributed by atoms with Crippen LogP contribution in [0.25, 0.3) is 21.3 Å². The molecule has 0 radical (unpaired) electrons. The number of hydrogen-bond donors (Lipinski definition) is 1. The third-order valence-electron chi connectivity index (χ3n) is 4.31. The molecule has 148 valence electrons.